The van der Waals surface area contributed by atoms with Crippen molar-refractivity contribution in [1.82, 2.24) is 9.47 Å². The van der Waals surface area contributed by atoms with Gasteiger partial charge in [-0.3, -0.25) is 9.59 Å². The summed E-state index contributed by atoms with van der Waals surface area (Å²) in [4.78, 5) is 39.9. The Bertz CT molecular complexity index is 1170. The molecule has 0 unspecified atom stereocenters. The first-order valence-corrected chi connectivity index (χ1v) is 10.3. The summed E-state index contributed by atoms with van der Waals surface area (Å²) >= 11 is 0. The van der Waals surface area contributed by atoms with Crippen LogP contribution in [-0.2, 0) is 6.54 Å². The second kappa shape index (κ2) is 7.79. The highest BCUT2D eigenvalue weighted by Crippen LogP contribution is 2.36. The number of furan rings is 1. The van der Waals surface area contributed by atoms with Crippen molar-refractivity contribution in [3.8, 4) is 0 Å². The Labute approximate surface area is 178 Å². The third kappa shape index (κ3) is 3.72. The second-order valence-corrected chi connectivity index (χ2v) is 8.02. The van der Waals surface area contributed by atoms with Crippen molar-refractivity contribution >= 4 is 23.3 Å². The molecule has 2 aliphatic heterocycles. The number of fused-ring (bicyclic) bond motifs is 4. The van der Waals surface area contributed by atoms with Gasteiger partial charge >= 0.3 is 6.03 Å². The average molecular weight is 418 g/mol. The van der Waals surface area contributed by atoms with Crippen LogP contribution >= 0.6 is 0 Å². The Kier molecular flexibility index (Phi) is 4.82. The molecule has 8 nitrogen and oxygen atoms in total. The first-order chi connectivity index (χ1) is 15.1. The van der Waals surface area contributed by atoms with Crippen molar-refractivity contribution in [2.24, 2.45) is 5.92 Å². The van der Waals surface area contributed by atoms with Gasteiger partial charge in [-0.25, -0.2) is 4.79 Å². The highest BCUT2D eigenvalue weighted by Gasteiger charge is 2.37. The summed E-state index contributed by atoms with van der Waals surface area (Å²) in [6.45, 7) is 1.63. The second-order valence-electron chi connectivity index (χ2n) is 8.02. The van der Waals surface area contributed by atoms with Gasteiger partial charge in [-0.2, -0.15) is 0 Å². The lowest BCUT2D eigenvalue weighted by Gasteiger charge is -2.42. The molecule has 2 aromatic heterocycles. The number of likely N-dealkylation sites (tertiary alicyclic amines) is 1. The summed E-state index contributed by atoms with van der Waals surface area (Å²) in [6.07, 6.45) is 2.43. The predicted molar refractivity (Wildman–Crippen MR) is 115 cm³/mol. The smallest absolute Gasteiger partial charge is 0.323 e. The summed E-state index contributed by atoms with van der Waals surface area (Å²) in [5.41, 5.74) is 1.56. The lowest BCUT2D eigenvalue weighted by Crippen LogP contribution is -2.49. The van der Waals surface area contributed by atoms with Gasteiger partial charge in [0, 0.05) is 36.9 Å². The van der Waals surface area contributed by atoms with E-state index in [1.165, 1.54) is 6.26 Å². The number of para-hydroxylation sites is 1. The van der Waals surface area contributed by atoms with E-state index in [1.54, 1.807) is 34.9 Å². The topological polar surface area (TPSA) is 96.6 Å². The van der Waals surface area contributed by atoms with Gasteiger partial charge in [-0.15, -0.1) is 0 Å². The zero-order chi connectivity index (χ0) is 21.4. The molecule has 2 N–H and O–H groups in total. The van der Waals surface area contributed by atoms with Crippen molar-refractivity contribution in [2.45, 2.75) is 18.9 Å². The van der Waals surface area contributed by atoms with Crippen LogP contribution in [0.3, 0.4) is 0 Å². The van der Waals surface area contributed by atoms with Crippen LogP contribution < -0.4 is 16.2 Å². The number of carbonyl (C=O) groups excluding carboxylic acids is 2. The zero-order valence-corrected chi connectivity index (χ0v) is 16.8. The minimum Gasteiger partial charge on any atom is -0.459 e. The van der Waals surface area contributed by atoms with E-state index in [2.05, 4.69) is 10.6 Å². The Morgan fingerprint density at radius 1 is 0.935 bits per heavy atom. The lowest BCUT2D eigenvalue weighted by atomic mass is 9.83. The Morgan fingerprint density at radius 2 is 1.77 bits per heavy atom. The molecule has 0 aliphatic carbocycles. The lowest BCUT2D eigenvalue weighted by molar-refractivity contribution is 0.0564. The third-order valence-corrected chi connectivity index (χ3v) is 5.90. The molecular formula is C23H22N4O4. The SMILES string of the molecule is O=C(Nc1ccccc1)Nc1ccc2n(c1=O)C[C@H]1C[C@@H]2CN(C(=O)c2ccco2)C1. The number of anilines is 2. The maximum atomic E-state index is 13.1. The average Bonchev–Trinajstić information content (AvgIpc) is 3.31. The van der Waals surface area contributed by atoms with Crippen molar-refractivity contribution < 1.29 is 14.0 Å². The van der Waals surface area contributed by atoms with E-state index in [9.17, 15) is 14.4 Å². The van der Waals surface area contributed by atoms with Gasteiger partial charge in [0.2, 0.25) is 0 Å². The highest BCUT2D eigenvalue weighted by atomic mass is 16.3. The number of urea groups is 1. The standard InChI is InChI=1S/C23H22N4O4/c28-21-18(25-23(30)24-17-5-2-1-3-6-17)8-9-19-16-11-15(13-27(19)21)12-26(14-16)22(29)20-7-4-10-31-20/h1-10,15-16H,11-14H2,(H2,24,25,30)/t15-,16+/m0/s1. The normalized spacial score (nSPS) is 19.4. The maximum Gasteiger partial charge on any atom is 0.323 e. The molecule has 3 aromatic rings. The third-order valence-electron chi connectivity index (χ3n) is 5.90. The summed E-state index contributed by atoms with van der Waals surface area (Å²) in [5.74, 6) is 0.468. The van der Waals surface area contributed by atoms with Crippen LogP contribution in [0.25, 0.3) is 0 Å². The van der Waals surface area contributed by atoms with Crippen molar-refractivity contribution in [3.05, 3.63) is 82.7 Å². The van der Waals surface area contributed by atoms with Gasteiger partial charge in [0.25, 0.3) is 11.5 Å². The van der Waals surface area contributed by atoms with E-state index in [4.69, 9.17) is 4.42 Å². The number of hydrogen-bond donors (Lipinski definition) is 2. The van der Waals surface area contributed by atoms with E-state index in [-0.39, 0.29) is 29.0 Å². The number of carbonyl (C=O) groups is 2. The number of aromatic nitrogens is 1. The molecule has 0 saturated carbocycles. The number of nitrogens with zero attached hydrogens (tertiary/aromatic N) is 2. The zero-order valence-electron chi connectivity index (χ0n) is 16.8. The predicted octanol–water partition coefficient (Wildman–Crippen LogP) is 3.34. The van der Waals surface area contributed by atoms with Crippen LogP contribution in [0.5, 0.6) is 0 Å². The maximum absolute atomic E-state index is 13.1. The molecular weight excluding hydrogens is 396 g/mol. The molecule has 1 fully saturated rings. The molecule has 31 heavy (non-hydrogen) atoms. The highest BCUT2D eigenvalue weighted by molar-refractivity contribution is 5.99. The molecule has 2 aliphatic rings. The number of nitrogens with one attached hydrogen (secondary N) is 2. The van der Waals surface area contributed by atoms with E-state index < -0.39 is 6.03 Å². The molecule has 158 valence electrons. The molecule has 8 heteroatoms. The van der Waals surface area contributed by atoms with E-state index >= 15 is 0 Å². The van der Waals surface area contributed by atoms with Crippen LogP contribution in [-0.4, -0.2) is 34.5 Å². The van der Waals surface area contributed by atoms with Gasteiger partial charge in [0.05, 0.1) is 6.26 Å². The molecule has 1 aromatic carbocycles. The summed E-state index contributed by atoms with van der Waals surface area (Å²) in [5, 5.41) is 5.38. The molecule has 2 atom stereocenters. The molecule has 5 rings (SSSR count). The fourth-order valence-electron chi connectivity index (χ4n) is 4.57. The minimum atomic E-state index is -0.463. The quantitative estimate of drug-likeness (QED) is 0.682. The van der Waals surface area contributed by atoms with Crippen LogP contribution in [0.2, 0.25) is 0 Å². The number of rotatable bonds is 3. The number of piperidine rings is 1. The number of pyridine rings is 1. The van der Waals surface area contributed by atoms with Crippen molar-refractivity contribution in [2.75, 3.05) is 23.7 Å². The van der Waals surface area contributed by atoms with E-state index in [0.29, 0.717) is 31.1 Å². The van der Waals surface area contributed by atoms with E-state index in [0.717, 1.165) is 12.1 Å². The molecule has 4 heterocycles. The largest absolute Gasteiger partial charge is 0.459 e. The van der Waals surface area contributed by atoms with Crippen LogP contribution in [0.1, 0.15) is 28.6 Å². The molecule has 2 bridgehead atoms. The first-order valence-electron chi connectivity index (χ1n) is 10.3. The first kappa shape index (κ1) is 19.2. The molecule has 0 radical (unpaired) electrons. The molecule has 0 spiro atoms. The fourth-order valence-corrected chi connectivity index (χ4v) is 4.57. The Balaban J connectivity index is 1.34. The van der Waals surface area contributed by atoms with Gasteiger partial charge in [0.15, 0.2) is 5.76 Å². The van der Waals surface area contributed by atoms with Gasteiger partial charge in [0.1, 0.15) is 5.69 Å². The van der Waals surface area contributed by atoms with Crippen molar-refractivity contribution in [1.29, 1.82) is 0 Å². The number of hydrogen-bond acceptors (Lipinski definition) is 4. The Morgan fingerprint density at radius 3 is 2.55 bits per heavy atom. The van der Waals surface area contributed by atoms with Gasteiger partial charge < -0.3 is 24.5 Å². The fraction of sp³-hybridized carbons (Fsp3) is 0.261. The molecule has 1 saturated heterocycles. The van der Waals surface area contributed by atoms with Crippen LogP contribution in [0, 0.1) is 5.92 Å². The van der Waals surface area contributed by atoms with Gasteiger partial charge in [-0.1, -0.05) is 18.2 Å². The Hall–Kier alpha value is -3.81. The van der Waals surface area contributed by atoms with E-state index in [1.807, 2.05) is 29.2 Å². The summed E-state index contributed by atoms with van der Waals surface area (Å²) in [7, 11) is 0. The van der Waals surface area contributed by atoms with Crippen LogP contribution in [0.4, 0.5) is 16.2 Å². The summed E-state index contributed by atoms with van der Waals surface area (Å²) < 4.78 is 7.00. The van der Waals surface area contributed by atoms with Gasteiger partial charge in [-0.05, 0) is 48.7 Å². The minimum absolute atomic E-state index is 0.0753. The number of amides is 3. The monoisotopic (exact) mass is 418 g/mol. The summed E-state index contributed by atoms with van der Waals surface area (Å²) in [6, 6.07) is 15.5. The van der Waals surface area contributed by atoms with Crippen LogP contribution in [0.15, 0.2) is 70.1 Å². The molecule has 3 amide bonds. The van der Waals surface area contributed by atoms with Crippen molar-refractivity contribution in [3.63, 3.8) is 0 Å². The number of benzene rings is 1.